The normalized spacial score (nSPS) is 62.5. The summed E-state index contributed by atoms with van der Waals surface area (Å²) >= 11 is 0. The van der Waals surface area contributed by atoms with E-state index < -0.39 is 0 Å². The zero-order chi connectivity index (χ0) is 20.9. The van der Waals surface area contributed by atoms with Gasteiger partial charge in [0.1, 0.15) is 0 Å². The van der Waals surface area contributed by atoms with Crippen molar-refractivity contribution < 1.29 is 9.47 Å². The summed E-state index contributed by atoms with van der Waals surface area (Å²) in [5, 5.41) is 0. The zero-order valence-corrected chi connectivity index (χ0v) is 19.9. The molecule has 2 saturated heterocycles. The molecule has 2 aliphatic heterocycles. The Balaban J connectivity index is 1.26. The van der Waals surface area contributed by atoms with Crippen LogP contribution in [0.3, 0.4) is 0 Å². The third-order valence-electron chi connectivity index (χ3n) is 12.0. The molecule has 0 bridgehead atoms. The topological polar surface area (TPSA) is 44.5 Å². The summed E-state index contributed by atoms with van der Waals surface area (Å²) < 4.78 is 13.4. The van der Waals surface area contributed by atoms with E-state index >= 15 is 0 Å². The van der Waals surface area contributed by atoms with Gasteiger partial charge in [0.2, 0.25) is 0 Å². The van der Waals surface area contributed by atoms with E-state index in [1.54, 1.807) is 0 Å². The number of hydrogen-bond acceptors (Lipinski definition) is 3. The van der Waals surface area contributed by atoms with Gasteiger partial charge in [0.15, 0.2) is 5.79 Å². The number of hydrogen-bond donors (Lipinski definition) is 1. The molecular weight excluding hydrogens is 370 g/mol. The molecule has 170 valence electrons. The third kappa shape index (κ3) is 2.61. The summed E-state index contributed by atoms with van der Waals surface area (Å²) in [4.78, 5) is 0. The van der Waals surface area contributed by atoms with Crippen molar-refractivity contribution >= 4 is 0 Å². The van der Waals surface area contributed by atoms with Crippen molar-refractivity contribution in [3.63, 3.8) is 0 Å². The summed E-state index contributed by atoms with van der Waals surface area (Å²) in [6.07, 6.45) is 13.7. The Morgan fingerprint density at radius 2 is 1.63 bits per heavy atom. The molecule has 3 nitrogen and oxygen atoms in total. The van der Waals surface area contributed by atoms with Crippen LogP contribution in [0.1, 0.15) is 91.9 Å². The first-order valence-electron chi connectivity index (χ1n) is 13.3. The minimum Gasteiger partial charge on any atom is -0.349 e. The molecule has 1 spiro atoms. The first kappa shape index (κ1) is 20.5. The van der Waals surface area contributed by atoms with Crippen molar-refractivity contribution in [2.24, 2.45) is 58.0 Å². The summed E-state index contributed by atoms with van der Waals surface area (Å²) in [6.45, 7) is 11.0. The second kappa shape index (κ2) is 6.70. The Kier molecular flexibility index (Phi) is 4.58. The molecule has 4 aliphatic carbocycles. The van der Waals surface area contributed by atoms with Gasteiger partial charge in [-0.15, -0.1) is 0 Å². The second-order valence-corrected chi connectivity index (χ2v) is 13.2. The second-order valence-electron chi connectivity index (χ2n) is 13.2. The van der Waals surface area contributed by atoms with Gasteiger partial charge in [-0.2, -0.15) is 0 Å². The predicted octanol–water partition coefficient (Wildman–Crippen LogP) is 5.76. The average molecular weight is 416 g/mol. The molecule has 12 atom stereocenters. The van der Waals surface area contributed by atoms with Crippen LogP contribution in [0.4, 0.5) is 0 Å². The number of rotatable bonds is 0. The zero-order valence-electron chi connectivity index (χ0n) is 19.9. The van der Waals surface area contributed by atoms with Crippen molar-refractivity contribution in [1.82, 2.24) is 0 Å². The van der Waals surface area contributed by atoms with Crippen molar-refractivity contribution in [3.8, 4) is 0 Å². The molecule has 0 aromatic heterocycles. The molecule has 6 aliphatic rings. The molecule has 0 aromatic carbocycles. The number of fused-ring (bicyclic) bond motifs is 7. The van der Waals surface area contributed by atoms with Gasteiger partial charge in [-0.25, -0.2) is 0 Å². The highest BCUT2D eigenvalue weighted by Crippen LogP contribution is 2.71. The number of nitrogens with two attached hydrogens (primary N) is 1. The Hall–Kier alpha value is -0.120. The van der Waals surface area contributed by atoms with Crippen molar-refractivity contribution in [2.45, 2.75) is 110 Å². The van der Waals surface area contributed by atoms with Crippen LogP contribution in [-0.2, 0) is 9.47 Å². The Morgan fingerprint density at radius 1 is 0.833 bits per heavy atom. The quantitative estimate of drug-likeness (QED) is 0.547. The van der Waals surface area contributed by atoms with E-state index in [-0.39, 0.29) is 5.79 Å². The van der Waals surface area contributed by atoms with Gasteiger partial charge in [-0.1, -0.05) is 27.7 Å². The maximum atomic E-state index is 6.92. The fraction of sp³-hybridized carbons (Fsp3) is 1.00. The molecule has 2 N–H and O–H groups in total. The van der Waals surface area contributed by atoms with Gasteiger partial charge in [0, 0.05) is 18.4 Å². The Bertz CT molecular complexity index is 686. The van der Waals surface area contributed by atoms with Crippen molar-refractivity contribution in [1.29, 1.82) is 0 Å². The molecule has 0 amide bonds. The fourth-order valence-corrected chi connectivity index (χ4v) is 10.3. The summed E-state index contributed by atoms with van der Waals surface area (Å²) in [7, 11) is 0. The Labute approximate surface area is 184 Å². The first-order valence-corrected chi connectivity index (χ1v) is 13.3. The highest BCUT2D eigenvalue weighted by atomic mass is 16.7. The molecule has 0 aromatic rings. The van der Waals surface area contributed by atoms with E-state index in [0.29, 0.717) is 40.7 Å². The lowest BCUT2D eigenvalue weighted by molar-refractivity contribution is -0.273. The van der Waals surface area contributed by atoms with E-state index in [0.717, 1.165) is 36.7 Å². The maximum absolute atomic E-state index is 6.92. The van der Waals surface area contributed by atoms with Gasteiger partial charge in [0.25, 0.3) is 0 Å². The van der Waals surface area contributed by atoms with Crippen LogP contribution < -0.4 is 5.73 Å². The van der Waals surface area contributed by atoms with E-state index in [9.17, 15) is 0 Å². The van der Waals surface area contributed by atoms with Gasteiger partial charge >= 0.3 is 0 Å². The molecule has 3 heteroatoms. The standard InChI is InChI=1S/C27H45NO2/c1-16-7-12-27(29-15-16)17(2)24-23(30-27)14-22-20-6-5-18-13-19(28)8-10-25(18,3)21(20)9-11-26(22,24)4/h16-24H,5-15,28H2,1-4H3/t16-,17-,18?,19-,20?,21?,22?,23?,24?,25-,26-,27+/m0/s1. The molecule has 30 heavy (non-hydrogen) atoms. The van der Waals surface area contributed by atoms with Crippen molar-refractivity contribution in [3.05, 3.63) is 0 Å². The minimum absolute atomic E-state index is 0.268. The van der Waals surface area contributed by atoms with Gasteiger partial charge in [0.05, 0.1) is 12.7 Å². The molecule has 4 saturated carbocycles. The number of ether oxygens (including phenoxy) is 2. The maximum Gasteiger partial charge on any atom is 0.171 e. The molecule has 6 unspecified atom stereocenters. The monoisotopic (exact) mass is 415 g/mol. The summed E-state index contributed by atoms with van der Waals surface area (Å²) in [5.74, 6) is 5.25. The van der Waals surface area contributed by atoms with Crippen LogP contribution in [0, 0.1) is 52.3 Å². The SMILES string of the molecule is C[C@H]1CC[C@@]2(OC1)OC1CC3C4CCC5C[C@@H](N)CC[C@]5(C)C4CC[C@]3(C)C1[C@@H]2C. The first-order chi connectivity index (χ1) is 14.3. The fourth-order valence-electron chi connectivity index (χ4n) is 10.3. The van der Waals surface area contributed by atoms with E-state index in [2.05, 4.69) is 27.7 Å². The molecule has 2 heterocycles. The molecule has 6 rings (SSSR count). The van der Waals surface area contributed by atoms with Crippen LogP contribution in [0.15, 0.2) is 0 Å². The van der Waals surface area contributed by atoms with Crippen LogP contribution in [0.5, 0.6) is 0 Å². The van der Waals surface area contributed by atoms with Gasteiger partial charge < -0.3 is 15.2 Å². The van der Waals surface area contributed by atoms with E-state index in [1.807, 2.05) is 0 Å². The van der Waals surface area contributed by atoms with Gasteiger partial charge in [-0.05, 0) is 104 Å². The van der Waals surface area contributed by atoms with E-state index in [1.165, 1.54) is 57.8 Å². The van der Waals surface area contributed by atoms with E-state index in [4.69, 9.17) is 15.2 Å². The largest absolute Gasteiger partial charge is 0.349 e. The smallest absolute Gasteiger partial charge is 0.171 e. The average Bonchev–Trinajstić information content (AvgIpc) is 3.16. The van der Waals surface area contributed by atoms with Crippen LogP contribution >= 0.6 is 0 Å². The van der Waals surface area contributed by atoms with Crippen LogP contribution in [0.25, 0.3) is 0 Å². The van der Waals surface area contributed by atoms with Crippen LogP contribution in [-0.4, -0.2) is 24.5 Å². The third-order valence-corrected chi connectivity index (χ3v) is 12.0. The van der Waals surface area contributed by atoms with Gasteiger partial charge in [-0.3, -0.25) is 0 Å². The lowest BCUT2D eigenvalue weighted by Crippen LogP contribution is -2.55. The minimum atomic E-state index is -0.268. The Morgan fingerprint density at radius 3 is 2.40 bits per heavy atom. The highest BCUT2D eigenvalue weighted by Gasteiger charge is 2.69. The lowest BCUT2D eigenvalue weighted by atomic mass is 9.44. The predicted molar refractivity (Wildman–Crippen MR) is 120 cm³/mol. The lowest BCUT2D eigenvalue weighted by Gasteiger charge is -2.61. The highest BCUT2D eigenvalue weighted by molar-refractivity contribution is 5.15. The summed E-state index contributed by atoms with van der Waals surface area (Å²) in [5.41, 5.74) is 7.40. The van der Waals surface area contributed by atoms with Crippen molar-refractivity contribution in [2.75, 3.05) is 6.61 Å². The summed E-state index contributed by atoms with van der Waals surface area (Å²) in [6, 6.07) is 0.461. The molecule has 0 radical (unpaired) electrons. The van der Waals surface area contributed by atoms with Crippen LogP contribution in [0.2, 0.25) is 0 Å². The molecular formula is C27H45NO2. The molecule has 6 fully saturated rings.